The second kappa shape index (κ2) is 7.11. The van der Waals surface area contributed by atoms with E-state index in [2.05, 4.69) is 4.98 Å². The van der Waals surface area contributed by atoms with Crippen LogP contribution in [0.3, 0.4) is 0 Å². The molecule has 1 aromatic heterocycles. The van der Waals surface area contributed by atoms with Gasteiger partial charge in [0.2, 0.25) is 0 Å². The third-order valence-corrected chi connectivity index (χ3v) is 7.92. The lowest BCUT2D eigenvalue weighted by atomic mass is 9.98. The van der Waals surface area contributed by atoms with Crippen LogP contribution in [0.25, 0.3) is 11.1 Å². The van der Waals surface area contributed by atoms with E-state index in [9.17, 15) is 8.42 Å². The van der Waals surface area contributed by atoms with E-state index in [0.29, 0.717) is 30.5 Å². The van der Waals surface area contributed by atoms with Crippen molar-refractivity contribution < 1.29 is 12.8 Å². The van der Waals surface area contributed by atoms with Crippen molar-refractivity contribution in [3.63, 3.8) is 0 Å². The molecule has 0 amide bonds. The number of oxazole rings is 1. The summed E-state index contributed by atoms with van der Waals surface area (Å²) in [5.41, 5.74) is 1.48. The number of hydrogen-bond acceptors (Lipinski definition) is 4. The summed E-state index contributed by atoms with van der Waals surface area (Å²) in [4.78, 5) is 4.56. The first-order valence-corrected chi connectivity index (χ1v) is 11.1. The summed E-state index contributed by atoms with van der Waals surface area (Å²) in [6, 6.07) is 5.49. The van der Waals surface area contributed by atoms with E-state index in [-0.39, 0.29) is 12.0 Å². The Morgan fingerprint density at radius 1 is 1.15 bits per heavy atom. The molecule has 0 radical (unpaired) electrons. The van der Waals surface area contributed by atoms with Gasteiger partial charge in [-0.05, 0) is 50.8 Å². The van der Waals surface area contributed by atoms with Crippen LogP contribution in [0.15, 0.2) is 22.6 Å². The fourth-order valence-corrected chi connectivity index (χ4v) is 6.04. The Kier molecular flexibility index (Phi) is 4.98. The molecule has 8 heteroatoms. The lowest BCUT2D eigenvalue weighted by molar-refractivity contribution is 0.226. The van der Waals surface area contributed by atoms with E-state index in [4.69, 9.17) is 16.0 Å². The van der Waals surface area contributed by atoms with Crippen molar-refractivity contribution in [2.24, 2.45) is 0 Å². The average molecular weight is 398 g/mol. The van der Waals surface area contributed by atoms with E-state index in [1.165, 1.54) is 0 Å². The minimum absolute atomic E-state index is 0.0910. The Hall–Kier alpha value is -1.15. The summed E-state index contributed by atoms with van der Waals surface area (Å²) >= 11 is 6.01. The van der Waals surface area contributed by atoms with E-state index >= 15 is 0 Å². The Labute approximate surface area is 159 Å². The molecule has 0 saturated carbocycles. The monoisotopic (exact) mass is 397 g/mol. The summed E-state index contributed by atoms with van der Waals surface area (Å²) in [7, 11) is -3.37. The van der Waals surface area contributed by atoms with Crippen LogP contribution >= 0.6 is 11.6 Å². The molecule has 2 aliphatic heterocycles. The quantitative estimate of drug-likeness (QED) is 0.790. The van der Waals surface area contributed by atoms with Crippen molar-refractivity contribution in [2.45, 2.75) is 51.0 Å². The van der Waals surface area contributed by atoms with Crippen LogP contribution in [0.2, 0.25) is 5.02 Å². The van der Waals surface area contributed by atoms with Crippen LogP contribution < -0.4 is 0 Å². The van der Waals surface area contributed by atoms with Crippen LogP contribution in [0.4, 0.5) is 0 Å². The van der Waals surface area contributed by atoms with Crippen molar-refractivity contribution in [3.8, 4) is 0 Å². The van der Waals surface area contributed by atoms with Crippen LogP contribution in [-0.4, -0.2) is 47.7 Å². The molecule has 1 unspecified atom stereocenters. The van der Waals surface area contributed by atoms with E-state index in [0.717, 1.165) is 43.2 Å². The van der Waals surface area contributed by atoms with Crippen LogP contribution in [-0.2, 0) is 10.2 Å². The summed E-state index contributed by atoms with van der Waals surface area (Å²) in [5, 5.41) is 0.633. The van der Waals surface area contributed by atoms with Crippen molar-refractivity contribution in [1.29, 1.82) is 0 Å². The Morgan fingerprint density at radius 2 is 1.92 bits per heavy atom. The SMILES string of the molecule is CC1CCCCN1S(=O)(=O)N1CCC(c2nc3cc(Cl)ccc3o2)CC1. The molecule has 26 heavy (non-hydrogen) atoms. The van der Waals surface area contributed by atoms with Crippen molar-refractivity contribution in [2.75, 3.05) is 19.6 Å². The second-order valence-corrected chi connectivity index (χ2v) is 9.62. The summed E-state index contributed by atoms with van der Waals surface area (Å²) < 4.78 is 35.1. The van der Waals surface area contributed by atoms with Gasteiger partial charge in [0.1, 0.15) is 5.52 Å². The zero-order valence-corrected chi connectivity index (χ0v) is 16.5. The molecule has 2 aromatic rings. The molecule has 2 aliphatic rings. The van der Waals surface area contributed by atoms with Crippen molar-refractivity contribution in [3.05, 3.63) is 29.1 Å². The first kappa shape index (κ1) is 18.2. The highest BCUT2D eigenvalue weighted by Crippen LogP contribution is 2.33. The first-order chi connectivity index (χ1) is 12.4. The molecule has 0 spiro atoms. The van der Waals surface area contributed by atoms with Gasteiger partial charge in [0.25, 0.3) is 10.2 Å². The summed E-state index contributed by atoms with van der Waals surface area (Å²) in [5.74, 6) is 0.831. The van der Waals surface area contributed by atoms with Gasteiger partial charge in [-0.15, -0.1) is 0 Å². The van der Waals surface area contributed by atoms with Gasteiger partial charge in [0, 0.05) is 36.6 Å². The zero-order chi connectivity index (χ0) is 18.3. The molecule has 3 heterocycles. The highest BCUT2D eigenvalue weighted by atomic mass is 35.5. The summed E-state index contributed by atoms with van der Waals surface area (Å²) in [6.07, 6.45) is 4.45. The smallest absolute Gasteiger partial charge is 0.282 e. The number of hydrogen-bond donors (Lipinski definition) is 0. The van der Waals surface area contributed by atoms with Crippen LogP contribution in [0.1, 0.15) is 50.8 Å². The molecule has 0 aliphatic carbocycles. The Morgan fingerprint density at radius 3 is 2.65 bits per heavy atom. The maximum absolute atomic E-state index is 13.0. The fraction of sp³-hybridized carbons (Fsp3) is 0.611. The second-order valence-electron chi connectivity index (χ2n) is 7.30. The fourth-order valence-electron chi connectivity index (χ4n) is 3.99. The van der Waals surface area contributed by atoms with Crippen LogP contribution in [0.5, 0.6) is 0 Å². The van der Waals surface area contributed by atoms with Gasteiger partial charge >= 0.3 is 0 Å². The lowest BCUT2D eigenvalue weighted by Crippen LogP contribution is -2.51. The molecule has 2 fully saturated rings. The third kappa shape index (κ3) is 3.38. The van der Waals surface area contributed by atoms with Crippen LogP contribution in [0, 0.1) is 0 Å². The predicted molar refractivity (Wildman–Crippen MR) is 102 cm³/mol. The van der Waals surface area contributed by atoms with Gasteiger partial charge in [0.15, 0.2) is 11.5 Å². The maximum Gasteiger partial charge on any atom is 0.282 e. The number of fused-ring (bicyclic) bond motifs is 1. The Bertz CT molecular complexity index is 890. The molecular weight excluding hydrogens is 374 g/mol. The highest BCUT2D eigenvalue weighted by Gasteiger charge is 2.37. The maximum atomic E-state index is 13.0. The minimum Gasteiger partial charge on any atom is -0.440 e. The predicted octanol–water partition coefficient (Wildman–Crippen LogP) is 3.78. The minimum atomic E-state index is -3.37. The molecule has 4 rings (SSSR count). The topological polar surface area (TPSA) is 66.7 Å². The molecule has 6 nitrogen and oxygen atoms in total. The molecule has 1 atom stereocenters. The van der Waals surface area contributed by atoms with Crippen molar-refractivity contribution in [1.82, 2.24) is 13.6 Å². The van der Waals surface area contributed by atoms with E-state index in [1.54, 1.807) is 20.7 Å². The molecule has 0 bridgehead atoms. The number of piperidine rings is 2. The van der Waals surface area contributed by atoms with Gasteiger partial charge in [-0.2, -0.15) is 17.0 Å². The van der Waals surface area contributed by atoms with Gasteiger partial charge < -0.3 is 4.42 Å². The van der Waals surface area contributed by atoms with E-state index in [1.807, 2.05) is 13.0 Å². The summed E-state index contributed by atoms with van der Waals surface area (Å²) in [6.45, 7) is 3.66. The number of rotatable bonds is 3. The molecule has 142 valence electrons. The standard InChI is InChI=1S/C18H24ClN3O3S/c1-13-4-2-3-9-22(13)26(23,24)21-10-7-14(8-11-21)18-20-16-12-15(19)5-6-17(16)25-18/h5-6,12-14H,2-4,7-11H2,1H3. The highest BCUT2D eigenvalue weighted by molar-refractivity contribution is 7.86. The first-order valence-electron chi connectivity index (χ1n) is 9.28. The van der Waals surface area contributed by atoms with Gasteiger partial charge in [-0.1, -0.05) is 18.0 Å². The number of halogens is 1. The van der Waals surface area contributed by atoms with Gasteiger partial charge in [-0.25, -0.2) is 4.98 Å². The van der Waals surface area contributed by atoms with Gasteiger partial charge in [0.05, 0.1) is 0 Å². The number of aromatic nitrogens is 1. The Balaban J connectivity index is 1.46. The molecule has 1 aromatic carbocycles. The largest absolute Gasteiger partial charge is 0.440 e. The van der Waals surface area contributed by atoms with Crippen molar-refractivity contribution >= 4 is 32.9 Å². The zero-order valence-electron chi connectivity index (χ0n) is 14.9. The van der Waals surface area contributed by atoms with E-state index < -0.39 is 10.2 Å². The molecule has 2 saturated heterocycles. The number of benzene rings is 1. The molecular formula is C18H24ClN3O3S. The normalized spacial score (nSPS) is 24.3. The molecule has 0 N–H and O–H groups in total. The lowest BCUT2D eigenvalue weighted by Gasteiger charge is -2.38. The van der Waals surface area contributed by atoms with Gasteiger partial charge in [-0.3, -0.25) is 0 Å². The number of nitrogens with zero attached hydrogens (tertiary/aromatic N) is 3. The average Bonchev–Trinajstić information content (AvgIpc) is 3.05. The third-order valence-electron chi connectivity index (χ3n) is 5.53.